The van der Waals surface area contributed by atoms with Crippen LogP contribution in [0.2, 0.25) is 0 Å². The van der Waals surface area contributed by atoms with Gasteiger partial charge in [0.1, 0.15) is 6.54 Å². The highest BCUT2D eigenvalue weighted by Crippen LogP contribution is 2.28. The predicted molar refractivity (Wildman–Crippen MR) is 112 cm³/mol. The van der Waals surface area contributed by atoms with E-state index in [-0.39, 0.29) is 18.2 Å². The molecule has 1 fully saturated rings. The summed E-state index contributed by atoms with van der Waals surface area (Å²) in [5.41, 5.74) is 1.73. The minimum atomic E-state index is -0.470. The number of nitro groups is 1. The predicted octanol–water partition coefficient (Wildman–Crippen LogP) is 0.959. The van der Waals surface area contributed by atoms with E-state index < -0.39 is 4.92 Å². The molecule has 154 valence electrons. The van der Waals surface area contributed by atoms with E-state index in [0.717, 1.165) is 37.6 Å². The number of piperazine rings is 1. The molecule has 0 aliphatic carbocycles. The lowest BCUT2D eigenvalue weighted by Gasteiger charge is -2.34. The molecule has 0 spiro atoms. The first-order valence-electron chi connectivity index (χ1n) is 9.90. The summed E-state index contributed by atoms with van der Waals surface area (Å²) in [6, 6.07) is 13.8. The number of hydrogen-bond acceptors (Lipinski definition) is 5. The second-order valence-electron chi connectivity index (χ2n) is 7.05. The summed E-state index contributed by atoms with van der Waals surface area (Å²) in [5.74, 6) is -0.248. The molecule has 1 amide bonds. The summed E-state index contributed by atoms with van der Waals surface area (Å²) in [6.45, 7) is 6.35. The highest BCUT2D eigenvalue weighted by Gasteiger charge is 2.27. The van der Waals surface area contributed by atoms with Gasteiger partial charge in [-0.25, -0.2) is 0 Å². The number of nitrogens with zero attached hydrogens (tertiary/aromatic N) is 3. The number of hydrogen-bond donors (Lipinski definition) is 2. The van der Waals surface area contributed by atoms with Crippen LogP contribution in [0.4, 0.5) is 17.1 Å². The third kappa shape index (κ3) is 4.72. The van der Waals surface area contributed by atoms with E-state index in [0.29, 0.717) is 18.7 Å². The Labute approximate surface area is 170 Å². The lowest BCUT2D eigenvalue weighted by Crippen LogP contribution is -3.15. The summed E-state index contributed by atoms with van der Waals surface area (Å²) in [5, 5.41) is 20.5. The van der Waals surface area contributed by atoms with Crippen molar-refractivity contribution in [1.29, 1.82) is 0 Å². The Bertz CT molecular complexity index is 851. The van der Waals surface area contributed by atoms with Crippen LogP contribution in [0.5, 0.6) is 0 Å². The van der Waals surface area contributed by atoms with Gasteiger partial charge in [0.2, 0.25) is 0 Å². The molecule has 1 heterocycles. The Hall–Kier alpha value is -2.97. The summed E-state index contributed by atoms with van der Waals surface area (Å²) >= 11 is 0. The number of nitro benzene ring substituents is 1. The first-order chi connectivity index (χ1) is 14.0. The van der Waals surface area contributed by atoms with E-state index in [4.69, 9.17) is 5.11 Å². The highest BCUT2D eigenvalue weighted by molar-refractivity contribution is 6.10. The van der Waals surface area contributed by atoms with Gasteiger partial charge in [-0.05, 0) is 25.1 Å². The molecule has 29 heavy (non-hydrogen) atoms. The number of nitrogens with one attached hydrogen (secondary N) is 1. The average molecular weight is 399 g/mol. The monoisotopic (exact) mass is 399 g/mol. The molecule has 2 aromatic carbocycles. The minimum Gasteiger partial charge on any atom is -0.391 e. The van der Waals surface area contributed by atoms with Crippen molar-refractivity contribution in [3.05, 3.63) is 64.2 Å². The number of benzene rings is 2. The second-order valence-corrected chi connectivity index (χ2v) is 7.05. The zero-order valence-corrected chi connectivity index (χ0v) is 16.6. The molecule has 0 saturated carbocycles. The van der Waals surface area contributed by atoms with Crippen molar-refractivity contribution in [3.8, 4) is 0 Å². The minimum absolute atomic E-state index is 0.0919. The molecule has 0 atom stereocenters. The molecule has 0 bridgehead atoms. The van der Waals surface area contributed by atoms with Crippen LogP contribution in [0.25, 0.3) is 0 Å². The number of carbonyl (C=O) groups is 1. The van der Waals surface area contributed by atoms with E-state index in [1.165, 1.54) is 17.0 Å². The Morgan fingerprint density at radius 1 is 1.21 bits per heavy atom. The van der Waals surface area contributed by atoms with Crippen molar-refractivity contribution >= 4 is 23.0 Å². The molecule has 0 unspecified atom stereocenters. The van der Waals surface area contributed by atoms with Crippen LogP contribution in [0.1, 0.15) is 17.3 Å². The molecule has 0 aromatic heterocycles. The third-order valence-corrected chi connectivity index (χ3v) is 5.33. The topological polar surface area (TPSA) is 91.4 Å². The van der Waals surface area contributed by atoms with Gasteiger partial charge in [0.05, 0.1) is 49.0 Å². The fourth-order valence-corrected chi connectivity index (χ4v) is 3.75. The number of amides is 1. The molecule has 1 aliphatic rings. The van der Waals surface area contributed by atoms with Gasteiger partial charge in [0.15, 0.2) is 0 Å². The molecular weight excluding hydrogens is 372 g/mol. The SMILES string of the molecule is CCN(C(=O)c1cc([N+](=O)[O-])ccc1N1CC[NH+](CCO)CC1)c1ccccc1. The summed E-state index contributed by atoms with van der Waals surface area (Å²) in [6.07, 6.45) is 0. The normalized spacial score (nSPS) is 14.6. The largest absolute Gasteiger partial charge is 0.391 e. The molecule has 1 saturated heterocycles. The molecule has 2 N–H and O–H groups in total. The maximum absolute atomic E-state index is 13.4. The van der Waals surface area contributed by atoms with Gasteiger partial charge in [-0.3, -0.25) is 14.9 Å². The average Bonchev–Trinajstić information content (AvgIpc) is 2.75. The second kappa shape index (κ2) is 9.49. The molecule has 8 heteroatoms. The fraction of sp³-hybridized carbons (Fsp3) is 0.381. The van der Waals surface area contributed by atoms with E-state index in [2.05, 4.69) is 4.90 Å². The molecule has 0 radical (unpaired) electrons. The van der Waals surface area contributed by atoms with Crippen LogP contribution < -0.4 is 14.7 Å². The lowest BCUT2D eigenvalue weighted by atomic mass is 10.1. The number of aliphatic hydroxyl groups excluding tert-OH is 1. The first-order valence-corrected chi connectivity index (χ1v) is 9.90. The van der Waals surface area contributed by atoms with Crippen LogP contribution in [-0.4, -0.2) is 61.8 Å². The van der Waals surface area contributed by atoms with Gasteiger partial charge in [-0.1, -0.05) is 18.2 Å². The molecule has 8 nitrogen and oxygen atoms in total. The van der Waals surface area contributed by atoms with Crippen LogP contribution in [0.15, 0.2) is 48.5 Å². The number of aliphatic hydroxyl groups is 1. The maximum Gasteiger partial charge on any atom is 0.270 e. The number of carbonyl (C=O) groups excluding carboxylic acids is 1. The Morgan fingerprint density at radius 3 is 2.48 bits per heavy atom. The zero-order valence-electron chi connectivity index (χ0n) is 16.6. The summed E-state index contributed by atoms with van der Waals surface area (Å²) < 4.78 is 0. The molecule has 1 aliphatic heterocycles. The van der Waals surface area contributed by atoms with Gasteiger partial charge in [0.25, 0.3) is 11.6 Å². The van der Waals surface area contributed by atoms with Crippen LogP contribution in [0, 0.1) is 10.1 Å². The molecule has 3 rings (SSSR count). The third-order valence-electron chi connectivity index (χ3n) is 5.33. The van der Waals surface area contributed by atoms with Gasteiger partial charge in [-0.15, -0.1) is 0 Å². The number of quaternary nitrogens is 1. The van der Waals surface area contributed by atoms with E-state index in [9.17, 15) is 14.9 Å². The standard InChI is InChI=1S/C21H26N4O4/c1-2-24(17-6-4-3-5-7-17)21(27)19-16-18(25(28)29)8-9-20(19)23-12-10-22(11-13-23)14-15-26/h3-9,16,26H,2,10-15H2,1H3/p+1. The Kier molecular flexibility index (Phi) is 6.79. The van der Waals surface area contributed by atoms with Crippen molar-refractivity contribution in [2.75, 3.05) is 55.7 Å². The van der Waals surface area contributed by atoms with Crippen molar-refractivity contribution in [1.82, 2.24) is 0 Å². The number of anilines is 2. The van der Waals surface area contributed by atoms with E-state index >= 15 is 0 Å². The van der Waals surface area contributed by atoms with Gasteiger partial charge < -0.3 is 19.8 Å². The quantitative estimate of drug-likeness (QED) is 0.535. The number of rotatable bonds is 7. The van der Waals surface area contributed by atoms with Crippen LogP contribution >= 0.6 is 0 Å². The zero-order chi connectivity index (χ0) is 20.8. The number of para-hydroxylation sites is 1. The van der Waals surface area contributed by atoms with Crippen LogP contribution in [0.3, 0.4) is 0 Å². The Balaban J connectivity index is 1.94. The van der Waals surface area contributed by atoms with Gasteiger partial charge in [-0.2, -0.15) is 0 Å². The van der Waals surface area contributed by atoms with Gasteiger partial charge in [0, 0.05) is 24.4 Å². The first kappa shape index (κ1) is 20.8. The summed E-state index contributed by atoms with van der Waals surface area (Å²) in [4.78, 5) is 29.3. The van der Waals surface area contributed by atoms with Crippen molar-refractivity contribution in [2.24, 2.45) is 0 Å². The Morgan fingerprint density at radius 2 is 1.90 bits per heavy atom. The van der Waals surface area contributed by atoms with Gasteiger partial charge >= 0.3 is 0 Å². The van der Waals surface area contributed by atoms with Crippen LogP contribution in [-0.2, 0) is 0 Å². The maximum atomic E-state index is 13.4. The molecular formula is C21H27N4O4+. The summed E-state index contributed by atoms with van der Waals surface area (Å²) in [7, 11) is 0. The van der Waals surface area contributed by atoms with Crippen molar-refractivity contribution in [3.63, 3.8) is 0 Å². The lowest BCUT2D eigenvalue weighted by molar-refractivity contribution is -0.900. The van der Waals surface area contributed by atoms with E-state index in [1.54, 1.807) is 11.0 Å². The van der Waals surface area contributed by atoms with Crippen molar-refractivity contribution < 1.29 is 19.7 Å². The smallest absolute Gasteiger partial charge is 0.270 e. The highest BCUT2D eigenvalue weighted by atomic mass is 16.6. The fourth-order valence-electron chi connectivity index (χ4n) is 3.75. The molecule has 2 aromatic rings. The number of non-ortho nitro benzene ring substituents is 1. The van der Waals surface area contributed by atoms with E-state index in [1.807, 2.05) is 37.3 Å². The van der Waals surface area contributed by atoms with Crippen molar-refractivity contribution in [2.45, 2.75) is 6.92 Å².